The number of imidazole rings is 1. The number of halogens is 3. The number of fused-ring (bicyclic) bond motifs is 1. The van der Waals surface area contributed by atoms with Gasteiger partial charge in [0.1, 0.15) is 11.6 Å². The van der Waals surface area contributed by atoms with Crippen LogP contribution in [0.4, 0.5) is 4.39 Å². The van der Waals surface area contributed by atoms with Gasteiger partial charge in [-0.05, 0) is 78.4 Å². The highest BCUT2D eigenvalue weighted by Gasteiger charge is 2.17. The molecule has 21 heavy (non-hydrogen) atoms. The third kappa shape index (κ3) is 2.66. The molecule has 0 saturated heterocycles. The van der Waals surface area contributed by atoms with Crippen molar-refractivity contribution in [3.63, 3.8) is 0 Å². The van der Waals surface area contributed by atoms with E-state index < -0.39 is 0 Å². The van der Waals surface area contributed by atoms with Gasteiger partial charge in [0.15, 0.2) is 0 Å². The molecule has 0 N–H and O–H groups in total. The van der Waals surface area contributed by atoms with Crippen LogP contribution >= 0.6 is 34.2 Å². The maximum atomic E-state index is 13.4. The Kier molecular flexibility index (Phi) is 3.92. The summed E-state index contributed by atoms with van der Waals surface area (Å²) in [6.07, 6.45) is 0. The molecule has 3 aromatic rings. The van der Waals surface area contributed by atoms with Crippen molar-refractivity contribution in [2.75, 3.05) is 0 Å². The third-order valence-electron chi connectivity index (χ3n) is 3.40. The van der Waals surface area contributed by atoms with E-state index in [1.807, 2.05) is 36.6 Å². The SMILES string of the molecule is Cc1cc(F)ccc1-n1c(C(C)Cl)nc2cc(I)ccc21. The van der Waals surface area contributed by atoms with E-state index in [1.54, 1.807) is 6.07 Å². The molecule has 1 atom stereocenters. The topological polar surface area (TPSA) is 17.8 Å². The lowest BCUT2D eigenvalue weighted by Crippen LogP contribution is -2.04. The zero-order chi connectivity index (χ0) is 15.1. The molecule has 1 heterocycles. The first kappa shape index (κ1) is 14.8. The van der Waals surface area contributed by atoms with Crippen LogP contribution in [-0.4, -0.2) is 9.55 Å². The van der Waals surface area contributed by atoms with Crippen molar-refractivity contribution < 1.29 is 4.39 Å². The van der Waals surface area contributed by atoms with E-state index >= 15 is 0 Å². The van der Waals surface area contributed by atoms with Crippen molar-refractivity contribution >= 4 is 45.2 Å². The standard InChI is InChI=1S/C16H13ClFIN2/c1-9-7-11(18)3-5-14(9)21-15-6-4-12(19)8-13(15)20-16(21)10(2)17/h3-8,10H,1-2H3. The number of rotatable bonds is 2. The van der Waals surface area contributed by atoms with Gasteiger partial charge in [0.05, 0.1) is 22.1 Å². The van der Waals surface area contributed by atoms with Crippen LogP contribution in [-0.2, 0) is 0 Å². The molecule has 2 aromatic carbocycles. The first-order chi connectivity index (χ1) is 9.97. The summed E-state index contributed by atoms with van der Waals surface area (Å²) in [5, 5.41) is -0.237. The van der Waals surface area contributed by atoms with Crippen molar-refractivity contribution in [2.45, 2.75) is 19.2 Å². The number of nitrogens with zero attached hydrogens (tertiary/aromatic N) is 2. The van der Waals surface area contributed by atoms with E-state index in [0.29, 0.717) is 0 Å². The molecule has 0 aliphatic heterocycles. The van der Waals surface area contributed by atoms with Gasteiger partial charge in [-0.25, -0.2) is 9.37 Å². The van der Waals surface area contributed by atoms with Crippen molar-refractivity contribution in [2.24, 2.45) is 0 Å². The quantitative estimate of drug-likeness (QED) is 0.407. The Morgan fingerprint density at radius 3 is 2.67 bits per heavy atom. The number of alkyl halides is 1. The lowest BCUT2D eigenvalue weighted by molar-refractivity contribution is 0.626. The van der Waals surface area contributed by atoms with Crippen molar-refractivity contribution in [1.82, 2.24) is 9.55 Å². The van der Waals surface area contributed by atoms with E-state index in [9.17, 15) is 4.39 Å². The second kappa shape index (κ2) is 5.57. The average Bonchev–Trinajstić information content (AvgIpc) is 2.77. The molecule has 3 rings (SSSR count). The molecule has 0 amide bonds. The summed E-state index contributed by atoms with van der Waals surface area (Å²) in [5.41, 5.74) is 3.63. The molecule has 5 heteroatoms. The molecule has 0 aliphatic rings. The highest BCUT2D eigenvalue weighted by Crippen LogP contribution is 2.30. The molecule has 0 aliphatic carbocycles. The van der Waals surface area contributed by atoms with Gasteiger partial charge in [0, 0.05) is 3.57 Å². The second-order valence-corrected chi connectivity index (χ2v) is 6.89. The summed E-state index contributed by atoms with van der Waals surface area (Å²) in [6.45, 7) is 3.78. The van der Waals surface area contributed by atoms with Gasteiger partial charge in [-0.1, -0.05) is 0 Å². The Balaban J connectivity index is 2.36. The molecular formula is C16H13ClFIN2. The summed E-state index contributed by atoms with van der Waals surface area (Å²) >= 11 is 8.55. The Morgan fingerprint density at radius 1 is 1.24 bits per heavy atom. The lowest BCUT2D eigenvalue weighted by Gasteiger charge is -2.13. The highest BCUT2D eigenvalue weighted by atomic mass is 127. The molecule has 0 saturated carbocycles. The Bertz CT molecular complexity index is 827. The zero-order valence-electron chi connectivity index (χ0n) is 11.6. The van der Waals surface area contributed by atoms with Crippen molar-refractivity contribution in [3.8, 4) is 5.69 Å². The number of aryl methyl sites for hydroxylation is 1. The van der Waals surface area contributed by atoms with Crippen LogP contribution in [0.1, 0.15) is 23.7 Å². The van der Waals surface area contributed by atoms with Gasteiger partial charge in [0.2, 0.25) is 0 Å². The Labute approximate surface area is 141 Å². The molecule has 1 unspecified atom stereocenters. The third-order valence-corrected chi connectivity index (χ3v) is 4.26. The minimum absolute atomic E-state index is 0.237. The van der Waals surface area contributed by atoms with Gasteiger partial charge in [-0.2, -0.15) is 0 Å². The number of hydrogen-bond donors (Lipinski definition) is 0. The van der Waals surface area contributed by atoms with E-state index in [-0.39, 0.29) is 11.2 Å². The number of benzene rings is 2. The fourth-order valence-electron chi connectivity index (χ4n) is 2.46. The molecular weight excluding hydrogens is 402 g/mol. The fourth-order valence-corrected chi connectivity index (χ4v) is 3.08. The maximum absolute atomic E-state index is 13.4. The Morgan fingerprint density at radius 2 is 2.00 bits per heavy atom. The van der Waals surface area contributed by atoms with Crippen LogP contribution in [0.15, 0.2) is 36.4 Å². The summed E-state index contributed by atoms with van der Waals surface area (Å²) in [4.78, 5) is 4.65. The molecule has 0 spiro atoms. The average molecular weight is 415 g/mol. The summed E-state index contributed by atoms with van der Waals surface area (Å²) in [5.74, 6) is 0.527. The molecule has 0 bridgehead atoms. The smallest absolute Gasteiger partial charge is 0.132 e. The van der Waals surface area contributed by atoms with Gasteiger partial charge in [-0.3, -0.25) is 4.57 Å². The lowest BCUT2D eigenvalue weighted by atomic mass is 10.2. The molecule has 0 radical (unpaired) electrons. The fraction of sp³-hybridized carbons (Fsp3) is 0.188. The summed E-state index contributed by atoms with van der Waals surface area (Å²) < 4.78 is 16.5. The van der Waals surface area contributed by atoms with Crippen LogP contribution in [0.5, 0.6) is 0 Å². The molecule has 2 nitrogen and oxygen atoms in total. The zero-order valence-corrected chi connectivity index (χ0v) is 14.5. The van der Waals surface area contributed by atoms with Gasteiger partial charge in [0.25, 0.3) is 0 Å². The number of hydrogen-bond acceptors (Lipinski definition) is 1. The monoisotopic (exact) mass is 414 g/mol. The maximum Gasteiger partial charge on any atom is 0.132 e. The van der Waals surface area contributed by atoms with Crippen molar-refractivity contribution in [3.05, 3.63) is 57.2 Å². The van der Waals surface area contributed by atoms with Gasteiger partial charge >= 0.3 is 0 Å². The summed E-state index contributed by atoms with van der Waals surface area (Å²) in [6, 6.07) is 10.8. The summed E-state index contributed by atoms with van der Waals surface area (Å²) in [7, 11) is 0. The minimum atomic E-state index is -0.240. The number of aromatic nitrogens is 2. The molecule has 0 fully saturated rings. The first-order valence-corrected chi connectivity index (χ1v) is 8.07. The van der Waals surface area contributed by atoms with Crippen LogP contribution < -0.4 is 0 Å². The van der Waals surface area contributed by atoms with Crippen LogP contribution in [0, 0.1) is 16.3 Å². The second-order valence-electron chi connectivity index (χ2n) is 4.99. The van der Waals surface area contributed by atoms with E-state index in [0.717, 1.165) is 31.7 Å². The Hall–Kier alpha value is -1.14. The van der Waals surface area contributed by atoms with E-state index in [4.69, 9.17) is 11.6 Å². The predicted molar refractivity (Wildman–Crippen MR) is 92.8 cm³/mol. The van der Waals surface area contributed by atoms with E-state index in [1.165, 1.54) is 12.1 Å². The van der Waals surface area contributed by atoms with Crippen LogP contribution in [0.2, 0.25) is 0 Å². The highest BCUT2D eigenvalue weighted by molar-refractivity contribution is 14.1. The normalized spacial score (nSPS) is 12.8. The van der Waals surface area contributed by atoms with Crippen LogP contribution in [0.25, 0.3) is 16.7 Å². The van der Waals surface area contributed by atoms with Crippen molar-refractivity contribution in [1.29, 1.82) is 0 Å². The van der Waals surface area contributed by atoms with Gasteiger partial charge < -0.3 is 0 Å². The van der Waals surface area contributed by atoms with Gasteiger partial charge in [-0.15, -0.1) is 11.6 Å². The van der Waals surface area contributed by atoms with Crippen LogP contribution in [0.3, 0.4) is 0 Å². The first-order valence-electron chi connectivity index (χ1n) is 6.56. The molecule has 1 aromatic heterocycles. The predicted octanol–water partition coefficient (Wildman–Crippen LogP) is 5.38. The van der Waals surface area contributed by atoms with E-state index in [2.05, 4.69) is 27.6 Å². The minimum Gasteiger partial charge on any atom is -0.295 e. The largest absolute Gasteiger partial charge is 0.295 e. The molecule has 108 valence electrons.